The van der Waals surface area contributed by atoms with Crippen molar-refractivity contribution in [3.63, 3.8) is 0 Å². The Bertz CT molecular complexity index is 420. The van der Waals surface area contributed by atoms with Crippen LogP contribution in [0.2, 0.25) is 0 Å². The Balaban J connectivity index is 0.00000361. The third-order valence-electron chi connectivity index (χ3n) is 2.31. The molecule has 7 heteroatoms. The van der Waals surface area contributed by atoms with Crippen LogP contribution < -0.4 is 16.0 Å². The quantitative estimate of drug-likeness (QED) is 0.212. The van der Waals surface area contributed by atoms with Crippen molar-refractivity contribution >= 4 is 47.2 Å². The van der Waals surface area contributed by atoms with E-state index in [0.29, 0.717) is 13.1 Å². The summed E-state index contributed by atoms with van der Waals surface area (Å²) < 4.78 is 0. The van der Waals surface area contributed by atoms with Crippen molar-refractivity contribution in [1.82, 2.24) is 16.0 Å². The fraction of sp³-hybridized carbons (Fsp3) is 0.385. The molecule has 112 valence electrons. The highest BCUT2D eigenvalue weighted by molar-refractivity contribution is 14.0. The second kappa shape index (κ2) is 11.7. The molecule has 0 saturated heterocycles. The van der Waals surface area contributed by atoms with E-state index in [0.717, 1.165) is 23.8 Å². The van der Waals surface area contributed by atoms with Gasteiger partial charge in [-0.2, -0.15) is 0 Å². The first-order valence-electron chi connectivity index (χ1n) is 6.15. The molecule has 5 nitrogen and oxygen atoms in total. The second-order valence-electron chi connectivity index (χ2n) is 3.76. The molecule has 0 saturated carbocycles. The van der Waals surface area contributed by atoms with Crippen molar-refractivity contribution < 1.29 is 4.79 Å². The van der Waals surface area contributed by atoms with Crippen molar-refractivity contribution in [3.05, 3.63) is 35.0 Å². The zero-order valence-electron chi connectivity index (χ0n) is 11.5. The number of carbonyl (C=O) groups is 1. The van der Waals surface area contributed by atoms with Crippen molar-refractivity contribution in [3.8, 4) is 0 Å². The Morgan fingerprint density at radius 1 is 1.40 bits per heavy atom. The first-order chi connectivity index (χ1) is 9.27. The van der Waals surface area contributed by atoms with Gasteiger partial charge in [-0.3, -0.25) is 9.79 Å². The van der Waals surface area contributed by atoms with E-state index in [-0.39, 0.29) is 29.9 Å². The molecule has 0 bridgehead atoms. The fourth-order valence-corrected chi connectivity index (χ4v) is 2.02. The van der Waals surface area contributed by atoms with Crippen LogP contribution in [0.5, 0.6) is 0 Å². The lowest BCUT2D eigenvalue weighted by molar-refractivity contribution is 0.0957. The number of nitrogens with zero attached hydrogens (tertiary/aromatic N) is 1. The van der Waals surface area contributed by atoms with Gasteiger partial charge in [0.15, 0.2) is 5.96 Å². The van der Waals surface area contributed by atoms with E-state index in [9.17, 15) is 4.79 Å². The second-order valence-corrected chi connectivity index (χ2v) is 4.70. The van der Waals surface area contributed by atoms with Crippen LogP contribution in [0.25, 0.3) is 0 Å². The highest BCUT2D eigenvalue weighted by Gasteiger charge is 2.04. The first-order valence-corrected chi connectivity index (χ1v) is 7.03. The fourth-order valence-electron chi connectivity index (χ4n) is 1.38. The Morgan fingerprint density at radius 2 is 2.15 bits per heavy atom. The van der Waals surface area contributed by atoms with Crippen LogP contribution in [0.3, 0.4) is 0 Å². The predicted molar refractivity (Wildman–Crippen MR) is 96.2 cm³/mol. The molecular formula is C13H21IN4OS. The van der Waals surface area contributed by atoms with E-state index >= 15 is 0 Å². The monoisotopic (exact) mass is 408 g/mol. The smallest absolute Gasteiger partial charge is 0.261 e. The van der Waals surface area contributed by atoms with Crippen LogP contribution in [-0.4, -0.2) is 38.5 Å². The Labute approximate surface area is 141 Å². The number of carbonyl (C=O) groups excluding carboxylic acids is 1. The summed E-state index contributed by atoms with van der Waals surface area (Å²) in [6.07, 6.45) is 2.61. The number of guanidine groups is 1. The van der Waals surface area contributed by atoms with Gasteiger partial charge in [0.2, 0.25) is 0 Å². The lowest BCUT2D eigenvalue weighted by Crippen LogP contribution is -2.38. The lowest BCUT2D eigenvalue weighted by atomic mass is 10.4. The number of halogens is 1. The Hall–Kier alpha value is -1.09. The third kappa shape index (κ3) is 7.49. The van der Waals surface area contributed by atoms with E-state index in [1.807, 2.05) is 17.5 Å². The van der Waals surface area contributed by atoms with Crippen LogP contribution in [-0.2, 0) is 0 Å². The summed E-state index contributed by atoms with van der Waals surface area (Å²) in [7, 11) is 1.72. The minimum atomic E-state index is -0.0100. The molecule has 0 aliphatic rings. The average molecular weight is 408 g/mol. The highest BCUT2D eigenvalue weighted by atomic mass is 127. The number of nitrogens with one attached hydrogen (secondary N) is 3. The van der Waals surface area contributed by atoms with Gasteiger partial charge in [0, 0.05) is 26.7 Å². The van der Waals surface area contributed by atoms with Gasteiger partial charge in [0.1, 0.15) is 0 Å². The molecule has 0 fully saturated rings. The molecule has 20 heavy (non-hydrogen) atoms. The summed E-state index contributed by atoms with van der Waals surface area (Å²) >= 11 is 1.45. The van der Waals surface area contributed by atoms with E-state index in [2.05, 4.69) is 27.5 Å². The molecule has 0 aromatic carbocycles. The maximum atomic E-state index is 11.6. The number of thiophene rings is 1. The standard InChI is InChI=1S/C13H20N4OS.HI/c1-3-7-16-13(14-2)17-9-5-8-15-12(18)11-6-4-10-19-11;/h3-4,6,10H,1,5,7-9H2,2H3,(H,15,18)(H2,14,16,17);1H. The normalized spacial score (nSPS) is 10.3. The summed E-state index contributed by atoms with van der Waals surface area (Å²) in [5.74, 6) is 0.730. The highest BCUT2D eigenvalue weighted by Crippen LogP contribution is 2.07. The van der Waals surface area contributed by atoms with Crippen molar-refractivity contribution in [2.45, 2.75) is 6.42 Å². The van der Waals surface area contributed by atoms with Crippen LogP contribution in [0.4, 0.5) is 0 Å². The van der Waals surface area contributed by atoms with Crippen LogP contribution in [0, 0.1) is 0 Å². The van der Waals surface area contributed by atoms with Crippen molar-refractivity contribution in [1.29, 1.82) is 0 Å². The van der Waals surface area contributed by atoms with Gasteiger partial charge in [-0.05, 0) is 17.9 Å². The maximum Gasteiger partial charge on any atom is 0.261 e. The van der Waals surface area contributed by atoms with Crippen LogP contribution >= 0.6 is 35.3 Å². The van der Waals surface area contributed by atoms with Gasteiger partial charge in [-0.25, -0.2) is 0 Å². The molecule has 0 atom stereocenters. The first kappa shape index (κ1) is 18.9. The minimum Gasteiger partial charge on any atom is -0.356 e. The number of amides is 1. The molecule has 1 aromatic rings. The molecule has 1 aromatic heterocycles. The Kier molecular flexibility index (Phi) is 11.1. The van der Waals surface area contributed by atoms with Gasteiger partial charge in [0.05, 0.1) is 4.88 Å². The Morgan fingerprint density at radius 3 is 2.75 bits per heavy atom. The van der Waals surface area contributed by atoms with Crippen LogP contribution in [0.15, 0.2) is 35.2 Å². The molecule has 3 N–H and O–H groups in total. The van der Waals surface area contributed by atoms with Gasteiger partial charge in [-0.1, -0.05) is 12.1 Å². The molecular weight excluding hydrogens is 387 g/mol. The molecule has 1 rings (SSSR count). The average Bonchev–Trinajstić information content (AvgIpc) is 2.95. The van der Waals surface area contributed by atoms with Gasteiger partial charge >= 0.3 is 0 Å². The molecule has 0 aliphatic carbocycles. The summed E-state index contributed by atoms with van der Waals surface area (Å²) in [5.41, 5.74) is 0. The number of hydrogen-bond donors (Lipinski definition) is 3. The zero-order chi connectivity index (χ0) is 13.9. The number of rotatable bonds is 7. The van der Waals surface area contributed by atoms with Gasteiger partial charge < -0.3 is 16.0 Å². The largest absolute Gasteiger partial charge is 0.356 e. The third-order valence-corrected chi connectivity index (χ3v) is 3.18. The lowest BCUT2D eigenvalue weighted by Gasteiger charge is -2.10. The molecule has 0 spiro atoms. The van der Waals surface area contributed by atoms with E-state index in [1.165, 1.54) is 11.3 Å². The summed E-state index contributed by atoms with van der Waals surface area (Å²) in [6.45, 7) is 5.70. The van der Waals surface area contributed by atoms with Crippen molar-refractivity contribution in [2.75, 3.05) is 26.7 Å². The van der Waals surface area contributed by atoms with Crippen LogP contribution in [0.1, 0.15) is 16.1 Å². The summed E-state index contributed by atoms with van der Waals surface area (Å²) in [5, 5.41) is 11.0. The van der Waals surface area contributed by atoms with Crippen molar-refractivity contribution in [2.24, 2.45) is 4.99 Å². The summed E-state index contributed by atoms with van der Waals surface area (Å²) in [6, 6.07) is 3.69. The molecule has 0 aliphatic heterocycles. The molecule has 0 radical (unpaired) electrons. The predicted octanol–water partition coefficient (Wildman–Crippen LogP) is 1.84. The van der Waals surface area contributed by atoms with E-state index < -0.39 is 0 Å². The minimum absolute atomic E-state index is 0. The SMILES string of the molecule is C=CCNC(=NC)NCCCNC(=O)c1cccs1.I. The van der Waals surface area contributed by atoms with Gasteiger partial charge in [-0.15, -0.1) is 41.9 Å². The summed E-state index contributed by atoms with van der Waals surface area (Å²) in [4.78, 5) is 16.4. The maximum absolute atomic E-state index is 11.6. The topological polar surface area (TPSA) is 65.5 Å². The number of aliphatic imine (C=N–C) groups is 1. The zero-order valence-corrected chi connectivity index (χ0v) is 14.7. The van der Waals surface area contributed by atoms with E-state index in [4.69, 9.17) is 0 Å². The van der Waals surface area contributed by atoms with E-state index in [1.54, 1.807) is 13.1 Å². The van der Waals surface area contributed by atoms with Gasteiger partial charge in [0.25, 0.3) is 5.91 Å². The number of hydrogen-bond acceptors (Lipinski definition) is 3. The molecule has 1 amide bonds. The molecule has 0 unspecified atom stereocenters. The molecule has 1 heterocycles.